The van der Waals surface area contributed by atoms with Gasteiger partial charge in [-0.25, -0.2) is 4.98 Å². The first kappa shape index (κ1) is 58.3. The Morgan fingerprint density at radius 3 is 1.12 bits per heavy atom. The summed E-state index contributed by atoms with van der Waals surface area (Å²) in [5.74, 6) is 5.72. The second-order valence-electron chi connectivity index (χ2n) is 21.1. The van der Waals surface area contributed by atoms with Gasteiger partial charge in [0.05, 0.1) is 73.3 Å². The van der Waals surface area contributed by atoms with Gasteiger partial charge in [-0.1, -0.05) is 48.6 Å². The first-order valence-electron chi connectivity index (χ1n) is 28.3. The number of ketones is 1. The predicted molar refractivity (Wildman–Crippen MR) is 348 cm³/mol. The molecule has 89 heavy (non-hydrogen) atoms. The standard InChI is InChI=1S/C65H52N2O14.C8H10/c1-32(2)38-28-52(78-34-16-20-44(70-4)48(24-34)74-8)58-61-55(81-37-19-23-47(73-7)51(27-37)77-11)31-41-57-40(64-66-42-14-12-13-15-43(42)67(64)65(41)69)30-54(80-36-18-22-46(72-6)50(26-36)76-10)60(63(57)61)59-53(29-39(33(3)68)56(38)62(58)59)79-35-17-21-45(71-5)49(25-35)75-9;1-7-5-3-4-6-8(7)2/h12-31H,1H2,2-11H3;3-6H,1-2H3. The van der Waals surface area contributed by atoms with Crippen molar-refractivity contribution in [2.24, 2.45) is 0 Å². The summed E-state index contributed by atoms with van der Waals surface area (Å²) in [7, 11) is 12.4. The van der Waals surface area contributed by atoms with E-state index in [4.69, 9.17) is 61.8 Å². The van der Waals surface area contributed by atoms with E-state index in [1.807, 2.05) is 43.3 Å². The van der Waals surface area contributed by atoms with E-state index in [0.717, 1.165) is 0 Å². The maximum atomic E-state index is 15.7. The Morgan fingerprint density at radius 1 is 0.382 bits per heavy atom. The molecule has 448 valence electrons. The lowest BCUT2D eigenvalue weighted by Crippen LogP contribution is -2.14. The molecule has 0 saturated heterocycles. The summed E-state index contributed by atoms with van der Waals surface area (Å²) in [5.41, 5.74) is 5.46. The van der Waals surface area contributed by atoms with Gasteiger partial charge in [0.1, 0.15) is 51.6 Å². The lowest BCUT2D eigenvalue weighted by Gasteiger charge is -2.26. The van der Waals surface area contributed by atoms with Crippen molar-refractivity contribution in [2.45, 2.75) is 27.7 Å². The van der Waals surface area contributed by atoms with Gasteiger partial charge >= 0.3 is 0 Å². The molecule has 2 aromatic heterocycles. The topological polar surface area (TPSA) is 162 Å². The van der Waals surface area contributed by atoms with Gasteiger partial charge in [0.25, 0.3) is 5.56 Å². The molecule has 0 unspecified atom stereocenters. The molecule has 13 rings (SSSR count). The van der Waals surface area contributed by atoms with Crippen LogP contribution in [0.1, 0.15) is 40.9 Å². The summed E-state index contributed by atoms with van der Waals surface area (Å²) < 4.78 is 76.2. The number of pyridine rings is 1. The Bertz CT molecular complexity index is 4880. The fourth-order valence-corrected chi connectivity index (χ4v) is 11.7. The number of aromatic nitrogens is 2. The van der Waals surface area contributed by atoms with Crippen molar-refractivity contribution in [3.8, 4) is 92.0 Å². The number of hydrogen-bond donors (Lipinski definition) is 0. The highest BCUT2D eigenvalue weighted by atomic mass is 16.5. The fourth-order valence-electron chi connectivity index (χ4n) is 11.7. The molecule has 0 bridgehead atoms. The highest BCUT2D eigenvalue weighted by Crippen LogP contribution is 2.58. The number of fused-ring (bicyclic) bond motifs is 6. The van der Waals surface area contributed by atoms with Gasteiger partial charge in [0.2, 0.25) is 0 Å². The lowest BCUT2D eigenvalue weighted by atomic mass is 9.82. The summed E-state index contributed by atoms with van der Waals surface area (Å²) in [4.78, 5) is 35.5. The summed E-state index contributed by atoms with van der Waals surface area (Å²) in [6.07, 6.45) is 0. The fraction of sp³-hybridized carbons (Fsp3) is 0.164. The van der Waals surface area contributed by atoms with Crippen LogP contribution >= 0.6 is 0 Å². The number of methoxy groups -OCH3 is 8. The molecule has 0 aliphatic heterocycles. The maximum absolute atomic E-state index is 15.7. The molecular weight excluding hydrogens is 1130 g/mol. The van der Waals surface area contributed by atoms with E-state index in [1.54, 1.807) is 132 Å². The summed E-state index contributed by atoms with van der Waals surface area (Å²) in [6, 6.07) is 43.9. The molecule has 0 saturated carbocycles. The van der Waals surface area contributed by atoms with Crippen LogP contribution in [0.25, 0.3) is 76.1 Å². The molecule has 0 amide bonds. The van der Waals surface area contributed by atoms with E-state index in [-0.39, 0.29) is 28.2 Å². The zero-order valence-electron chi connectivity index (χ0n) is 51.2. The van der Waals surface area contributed by atoms with E-state index in [9.17, 15) is 4.79 Å². The molecule has 11 aromatic carbocycles. The number of allylic oxidation sites excluding steroid dienone is 1. The number of Topliss-reactive ketones (excluding diaryl/α,β-unsaturated/α-hetero) is 1. The van der Waals surface area contributed by atoms with E-state index >= 15 is 4.79 Å². The number of ether oxygens (including phenoxy) is 12. The third-order valence-electron chi connectivity index (χ3n) is 16.0. The monoisotopic (exact) mass is 1190 g/mol. The van der Waals surface area contributed by atoms with E-state index in [2.05, 4.69) is 44.7 Å². The van der Waals surface area contributed by atoms with Crippen molar-refractivity contribution in [2.75, 3.05) is 56.9 Å². The van der Waals surface area contributed by atoms with E-state index in [0.29, 0.717) is 162 Å². The SMILES string of the molecule is C=C(C)c1cc(Oc2ccc(OC)c(OC)c2)c2c3c(Oc4ccc(OC)c(OC)c4)cc4c(=O)n5c6ccccc6nc5c5cc(Oc6ccc(OC)c(OC)c6)c(c6c(Oc7ccc(OC)c(OC)c7)cc(C(C)=O)c1c26)c3c45.Cc1ccccc1C. The summed E-state index contributed by atoms with van der Waals surface area (Å²) >= 11 is 0. The molecule has 16 heteroatoms. The van der Waals surface area contributed by atoms with Crippen LogP contribution in [0.15, 0.2) is 157 Å². The summed E-state index contributed by atoms with van der Waals surface area (Å²) in [6.45, 7) is 12.1. The van der Waals surface area contributed by atoms with Gasteiger partial charge in [-0.15, -0.1) is 0 Å². The van der Waals surface area contributed by atoms with Crippen LogP contribution in [0.2, 0.25) is 0 Å². The lowest BCUT2D eigenvalue weighted by molar-refractivity contribution is 0.101. The largest absolute Gasteiger partial charge is 0.493 e. The highest BCUT2D eigenvalue weighted by Gasteiger charge is 2.33. The van der Waals surface area contributed by atoms with Crippen LogP contribution in [0.3, 0.4) is 0 Å². The number of benzene rings is 11. The zero-order chi connectivity index (χ0) is 62.5. The van der Waals surface area contributed by atoms with Crippen molar-refractivity contribution < 1.29 is 61.6 Å². The molecule has 16 nitrogen and oxygen atoms in total. The number of rotatable bonds is 18. The Morgan fingerprint density at radius 2 is 0.742 bits per heavy atom. The molecule has 0 radical (unpaired) electrons. The maximum Gasteiger partial charge on any atom is 0.264 e. The normalized spacial score (nSPS) is 11.3. The number of aryl methyl sites for hydroxylation is 2. The average molecular weight is 1190 g/mol. The predicted octanol–water partition coefficient (Wildman–Crippen LogP) is 17.3. The van der Waals surface area contributed by atoms with Crippen LogP contribution < -0.4 is 62.4 Å². The number of nitrogens with zero attached hydrogens (tertiary/aromatic N) is 2. The smallest absolute Gasteiger partial charge is 0.264 e. The minimum Gasteiger partial charge on any atom is -0.493 e. The molecule has 0 N–H and O–H groups in total. The number of imidazole rings is 1. The molecule has 2 heterocycles. The average Bonchev–Trinajstić information content (AvgIpc) is 1.44. The van der Waals surface area contributed by atoms with Crippen LogP contribution in [-0.2, 0) is 0 Å². The van der Waals surface area contributed by atoms with Gasteiger partial charge < -0.3 is 56.8 Å². The second-order valence-corrected chi connectivity index (χ2v) is 21.1. The van der Waals surface area contributed by atoms with Crippen LogP contribution in [0, 0.1) is 13.8 Å². The molecule has 0 fully saturated rings. The molecule has 0 spiro atoms. The highest BCUT2D eigenvalue weighted by molar-refractivity contribution is 6.43. The number of carbonyl (C=O) groups is 1. The second kappa shape index (κ2) is 23.6. The minimum atomic E-state index is -0.362. The van der Waals surface area contributed by atoms with Crippen molar-refractivity contribution >= 4 is 81.9 Å². The molecule has 0 aliphatic carbocycles. The Kier molecular flexibility index (Phi) is 15.5. The molecule has 0 aliphatic rings. The van der Waals surface area contributed by atoms with Crippen LogP contribution in [-0.4, -0.2) is 72.0 Å². The zero-order valence-corrected chi connectivity index (χ0v) is 51.2. The van der Waals surface area contributed by atoms with E-state index < -0.39 is 0 Å². The quantitative estimate of drug-likeness (QED) is 0.0453. The van der Waals surface area contributed by atoms with Crippen molar-refractivity contribution in [3.05, 3.63) is 185 Å². The number of hydrogen-bond acceptors (Lipinski definition) is 15. The van der Waals surface area contributed by atoms with Crippen LogP contribution in [0.4, 0.5) is 0 Å². The van der Waals surface area contributed by atoms with Crippen LogP contribution in [0.5, 0.6) is 92.0 Å². The Hall–Kier alpha value is -11.1. The van der Waals surface area contributed by atoms with Gasteiger partial charge in [0, 0.05) is 78.3 Å². The van der Waals surface area contributed by atoms with E-state index in [1.165, 1.54) is 32.3 Å². The van der Waals surface area contributed by atoms with Crippen molar-refractivity contribution in [3.63, 3.8) is 0 Å². The third kappa shape index (κ3) is 10.1. The minimum absolute atomic E-state index is 0.226. The van der Waals surface area contributed by atoms with Gasteiger partial charge in [0.15, 0.2) is 51.8 Å². The molecule has 0 atom stereocenters. The first-order valence-corrected chi connectivity index (χ1v) is 28.3. The Balaban J connectivity index is 0.000000892. The molecular formula is C73H62N2O14. The third-order valence-corrected chi connectivity index (χ3v) is 16.0. The van der Waals surface area contributed by atoms with Crippen molar-refractivity contribution in [1.29, 1.82) is 0 Å². The number of para-hydroxylation sites is 2. The van der Waals surface area contributed by atoms with Crippen molar-refractivity contribution in [1.82, 2.24) is 9.38 Å². The first-order chi connectivity index (χ1) is 43.1. The number of carbonyl (C=O) groups excluding carboxylic acids is 1. The van der Waals surface area contributed by atoms with Gasteiger partial charge in [-0.05, 0) is 129 Å². The van der Waals surface area contributed by atoms with Gasteiger partial charge in [-0.2, -0.15) is 0 Å². The molecule has 13 aromatic rings. The summed E-state index contributed by atoms with van der Waals surface area (Å²) in [5, 5.41) is 4.80. The van der Waals surface area contributed by atoms with Gasteiger partial charge in [-0.3, -0.25) is 14.0 Å². The Labute approximate surface area is 512 Å².